The van der Waals surface area contributed by atoms with Gasteiger partial charge in [-0.1, -0.05) is 0 Å². The highest BCUT2D eigenvalue weighted by Gasteiger charge is 2.23. The highest BCUT2D eigenvalue weighted by atomic mass is 31.2. The fourth-order valence-electron chi connectivity index (χ4n) is 0.447. The molecule has 0 aliphatic heterocycles. The molecular formula is C6H17NO4P+. The van der Waals surface area contributed by atoms with Crippen LogP contribution in [0.2, 0.25) is 0 Å². The van der Waals surface area contributed by atoms with Gasteiger partial charge in [-0.15, -0.1) is 0 Å². The molecule has 74 valence electrons. The lowest BCUT2D eigenvalue weighted by Gasteiger charge is -2.24. The van der Waals surface area contributed by atoms with E-state index in [2.05, 4.69) is 4.52 Å². The van der Waals surface area contributed by atoms with E-state index in [0.29, 0.717) is 4.48 Å². The lowest BCUT2D eigenvalue weighted by atomic mass is 10.7. The maximum atomic E-state index is 11.0. The van der Waals surface area contributed by atoms with Crippen molar-refractivity contribution in [3.63, 3.8) is 0 Å². The molecule has 0 fully saturated rings. The van der Waals surface area contributed by atoms with Gasteiger partial charge >= 0.3 is 7.82 Å². The molecule has 0 saturated carbocycles. The molecule has 0 amide bonds. The highest BCUT2D eigenvalue weighted by molar-refractivity contribution is 7.47. The average molecular weight is 198 g/mol. The molecule has 12 heavy (non-hydrogen) atoms. The Balaban J connectivity index is 3.84. The van der Waals surface area contributed by atoms with Gasteiger partial charge in [-0.3, -0.25) is 4.52 Å². The zero-order valence-corrected chi connectivity index (χ0v) is 8.88. The van der Waals surface area contributed by atoms with E-state index in [-0.39, 0.29) is 13.3 Å². The van der Waals surface area contributed by atoms with Gasteiger partial charge in [0.1, 0.15) is 0 Å². The van der Waals surface area contributed by atoms with Gasteiger partial charge in [0.2, 0.25) is 0 Å². The number of rotatable bonds is 5. The van der Waals surface area contributed by atoms with Crippen molar-refractivity contribution in [3.8, 4) is 0 Å². The Kier molecular flexibility index (Phi) is 4.37. The summed E-state index contributed by atoms with van der Waals surface area (Å²) in [5.74, 6) is 0. The Hall–Kier alpha value is 0.0700. The van der Waals surface area contributed by atoms with Gasteiger partial charge in [0.05, 0.1) is 27.7 Å². The second-order valence-electron chi connectivity index (χ2n) is 3.43. The first-order chi connectivity index (χ1) is 5.27. The number of phosphoric acid groups is 1. The van der Waals surface area contributed by atoms with Crippen molar-refractivity contribution < 1.29 is 23.0 Å². The molecule has 0 aromatic rings. The smallest absolute Gasteiger partial charge is 0.308 e. The highest BCUT2D eigenvalue weighted by Crippen LogP contribution is 2.42. The van der Waals surface area contributed by atoms with Gasteiger partial charge in [0.25, 0.3) is 0 Å². The van der Waals surface area contributed by atoms with Crippen LogP contribution in [-0.2, 0) is 13.6 Å². The van der Waals surface area contributed by atoms with Crippen LogP contribution in [0.5, 0.6) is 0 Å². The zero-order chi connectivity index (χ0) is 9.83. The quantitative estimate of drug-likeness (QED) is 0.403. The summed E-state index contributed by atoms with van der Waals surface area (Å²) in [4.78, 5) is 8.98. The van der Waals surface area contributed by atoms with Crippen LogP contribution < -0.4 is 0 Å². The third kappa shape index (κ3) is 6.76. The topological polar surface area (TPSA) is 55.8 Å². The van der Waals surface area contributed by atoms with Crippen LogP contribution in [0.15, 0.2) is 0 Å². The minimum absolute atomic E-state index is 0.147. The zero-order valence-electron chi connectivity index (χ0n) is 7.98. The van der Waals surface area contributed by atoms with E-state index < -0.39 is 7.82 Å². The maximum Gasteiger partial charge on any atom is 0.476 e. The molecule has 0 heterocycles. The molecule has 0 bridgehead atoms. The summed E-state index contributed by atoms with van der Waals surface area (Å²) in [6.45, 7) is 1.96. The average Bonchev–Trinajstić information content (AvgIpc) is 1.83. The standard InChI is InChI=1S/C6H16NO4P/c1-5-10-12(8,9)11-6-7(2,3)4/h5-6H2,1-4H3/p+1. The molecule has 0 rings (SSSR count). The Morgan fingerprint density at radius 3 is 2.17 bits per heavy atom. The number of phosphoric ester groups is 1. The van der Waals surface area contributed by atoms with E-state index in [9.17, 15) is 4.57 Å². The van der Waals surface area contributed by atoms with Crippen LogP contribution >= 0.6 is 7.82 Å². The summed E-state index contributed by atoms with van der Waals surface area (Å²) in [6, 6.07) is 0. The summed E-state index contributed by atoms with van der Waals surface area (Å²) in [5, 5.41) is 0. The van der Waals surface area contributed by atoms with E-state index in [4.69, 9.17) is 9.42 Å². The van der Waals surface area contributed by atoms with Crippen molar-refractivity contribution in [3.05, 3.63) is 0 Å². The van der Waals surface area contributed by atoms with Gasteiger partial charge in [0, 0.05) is 0 Å². The van der Waals surface area contributed by atoms with Crippen LogP contribution in [-0.4, -0.2) is 43.9 Å². The Bertz CT molecular complexity index is 177. The number of hydrogen-bond acceptors (Lipinski definition) is 3. The Morgan fingerprint density at radius 2 is 1.83 bits per heavy atom. The summed E-state index contributed by atoms with van der Waals surface area (Å²) < 4.78 is 20.6. The Morgan fingerprint density at radius 1 is 1.33 bits per heavy atom. The van der Waals surface area contributed by atoms with Gasteiger partial charge in [-0.25, -0.2) is 9.09 Å². The van der Waals surface area contributed by atoms with Crippen molar-refractivity contribution in [2.24, 2.45) is 0 Å². The summed E-state index contributed by atoms with van der Waals surface area (Å²) in [5.41, 5.74) is 0. The van der Waals surface area contributed by atoms with Gasteiger partial charge in [0.15, 0.2) is 6.73 Å². The second-order valence-corrected chi connectivity index (χ2v) is 4.89. The monoisotopic (exact) mass is 198 g/mol. The van der Waals surface area contributed by atoms with Gasteiger partial charge in [-0.05, 0) is 6.92 Å². The summed E-state index contributed by atoms with van der Waals surface area (Å²) in [6.07, 6.45) is 0. The van der Waals surface area contributed by atoms with Crippen molar-refractivity contribution >= 4 is 7.82 Å². The summed E-state index contributed by atoms with van der Waals surface area (Å²) in [7, 11) is 1.75. The number of hydrogen-bond donors (Lipinski definition) is 1. The molecule has 0 aliphatic rings. The van der Waals surface area contributed by atoms with E-state index in [1.807, 2.05) is 21.1 Å². The largest absolute Gasteiger partial charge is 0.476 e. The molecule has 0 saturated heterocycles. The van der Waals surface area contributed by atoms with Crippen molar-refractivity contribution in [1.82, 2.24) is 0 Å². The third-order valence-corrected chi connectivity index (χ3v) is 1.93. The lowest BCUT2D eigenvalue weighted by molar-refractivity contribution is -0.887. The minimum Gasteiger partial charge on any atom is -0.308 e. The molecule has 0 aliphatic carbocycles. The summed E-state index contributed by atoms with van der Waals surface area (Å²) >= 11 is 0. The molecule has 1 atom stereocenters. The van der Waals surface area contributed by atoms with E-state index in [1.54, 1.807) is 6.92 Å². The van der Waals surface area contributed by atoms with Crippen LogP contribution in [0.3, 0.4) is 0 Å². The molecule has 6 heteroatoms. The molecule has 0 aromatic carbocycles. The molecule has 1 N–H and O–H groups in total. The lowest BCUT2D eigenvalue weighted by Crippen LogP contribution is -2.36. The van der Waals surface area contributed by atoms with E-state index in [1.165, 1.54) is 0 Å². The van der Waals surface area contributed by atoms with Crippen LogP contribution in [0, 0.1) is 0 Å². The SMILES string of the molecule is CCOP(=O)(O)OC[N+](C)(C)C. The third-order valence-electron chi connectivity index (χ3n) is 0.900. The number of quaternary nitrogens is 1. The fourth-order valence-corrected chi connectivity index (χ4v) is 1.34. The first-order valence-corrected chi connectivity index (χ1v) is 5.19. The molecule has 0 aromatic heterocycles. The fraction of sp³-hybridized carbons (Fsp3) is 1.00. The van der Waals surface area contributed by atoms with Crippen LogP contribution in [0.25, 0.3) is 0 Å². The maximum absolute atomic E-state index is 11.0. The number of nitrogens with zero attached hydrogens (tertiary/aromatic N) is 1. The van der Waals surface area contributed by atoms with E-state index in [0.717, 1.165) is 0 Å². The Labute approximate surface area is 73.1 Å². The van der Waals surface area contributed by atoms with Crippen LogP contribution in [0.1, 0.15) is 6.92 Å². The van der Waals surface area contributed by atoms with Crippen molar-refractivity contribution in [2.45, 2.75) is 6.92 Å². The normalized spacial score (nSPS) is 17.4. The predicted molar refractivity (Wildman–Crippen MR) is 45.4 cm³/mol. The van der Waals surface area contributed by atoms with Crippen molar-refractivity contribution in [1.29, 1.82) is 0 Å². The van der Waals surface area contributed by atoms with Crippen molar-refractivity contribution in [2.75, 3.05) is 34.5 Å². The predicted octanol–water partition coefficient (Wildman–Crippen LogP) is 0.804. The second kappa shape index (κ2) is 4.35. The molecule has 1 unspecified atom stereocenters. The molecule has 0 radical (unpaired) electrons. The first kappa shape index (κ1) is 12.1. The molecular weight excluding hydrogens is 181 g/mol. The first-order valence-electron chi connectivity index (χ1n) is 3.69. The minimum atomic E-state index is -3.80. The molecule has 0 spiro atoms. The van der Waals surface area contributed by atoms with Gasteiger partial charge < -0.3 is 9.38 Å². The van der Waals surface area contributed by atoms with Gasteiger partial charge in [-0.2, -0.15) is 0 Å². The molecule has 5 nitrogen and oxygen atoms in total. The van der Waals surface area contributed by atoms with E-state index >= 15 is 0 Å². The van der Waals surface area contributed by atoms with Crippen LogP contribution in [0.4, 0.5) is 0 Å².